The van der Waals surface area contributed by atoms with Gasteiger partial charge in [-0.05, 0) is 24.3 Å². The molecule has 4 rings (SSSR count). The lowest BCUT2D eigenvalue weighted by Crippen LogP contribution is -2.29. The first-order valence-corrected chi connectivity index (χ1v) is 7.74. The largest absolute Gasteiger partial charge is 0.294 e. The zero-order valence-electron chi connectivity index (χ0n) is 11.5. The number of pyridine rings is 1. The van der Waals surface area contributed by atoms with Crippen LogP contribution >= 0.6 is 11.8 Å². The minimum absolute atomic E-state index is 0.231. The molecule has 0 saturated carbocycles. The van der Waals surface area contributed by atoms with Gasteiger partial charge in [0.2, 0.25) is 0 Å². The number of thioether (sulfide) groups is 1. The maximum atomic E-state index is 12.3. The Labute approximate surface area is 130 Å². The predicted octanol–water partition coefficient (Wildman–Crippen LogP) is 2.68. The van der Waals surface area contributed by atoms with Crippen LogP contribution in [0, 0.1) is 0 Å². The standard InChI is InChI=1S/C16H11N3O2S/c20-15-11-4-1-2-5-12(11)16(21)19(15)10-22-14-7-3-6-13-17-8-9-18(13)14/h1-9H,10H2. The average molecular weight is 309 g/mol. The topological polar surface area (TPSA) is 54.7 Å². The molecule has 108 valence electrons. The third-order valence-electron chi connectivity index (χ3n) is 3.61. The fourth-order valence-corrected chi connectivity index (χ4v) is 3.49. The smallest absolute Gasteiger partial charge is 0.262 e. The van der Waals surface area contributed by atoms with Gasteiger partial charge in [0.1, 0.15) is 5.65 Å². The quantitative estimate of drug-likeness (QED) is 0.551. The maximum absolute atomic E-state index is 12.3. The number of hydrogen-bond donors (Lipinski definition) is 0. The maximum Gasteiger partial charge on any atom is 0.262 e. The molecule has 2 amide bonds. The molecule has 0 bridgehead atoms. The summed E-state index contributed by atoms with van der Waals surface area (Å²) in [7, 11) is 0. The first-order valence-electron chi connectivity index (χ1n) is 6.76. The van der Waals surface area contributed by atoms with Gasteiger partial charge in [0.25, 0.3) is 11.8 Å². The zero-order chi connectivity index (χ0) is 15.1. The van der Waals surface area contributed by atoms with E-state index in [-0.39, 0.29) is 17.7 Å². The van der Waals surface area contributed by atoms with Gasteiger partial charge in [-0.1, -0.05) is 30.0 Å². The van der Waals surface area contributed by atoms with Gasteiger partial charge >= 0.3 is 0 Å². The molecule has 0 spiro atoms. The highest BCUT2D eigenvalue weighted by molar-refractivity contribution is 7.99. The molecule has 0 atom stereocenters. The van der Waals surface area contributed by atoms with E-state index in [2.05, 4.69) is 4.98 Å². The van der Waals surface area contributed by atoms with Gasteiger partial charge in [-0.3, -0.25) is 18.9 Å². The minimum atomic E-state index is -0.231. The lowest BCUT2D eigenvalue weighted by Gasteiger charge is -2.13. The summed E-state index contributed by atoms with van der Waals surface area (Å²) in [5.74, 6) is -0.180. The van der Waals surface area contributed by atoms with Crippen LogP contribution in [-0.2, 0) is 0 Å². The van der Waals surface area contributed by atoms with Crippen LogP contribution < -0.4 is 0 Å². The molecule has 0 radical (unpaired) electrons. The summed E-state index contributed by atoms with van der Waals surface area (Å²) in [6.45, 7) is 0. The van der Waals surface area contributed by atoms with E-state index < -0.39 is 0 Å². The summed E-state index contributed by atoms with van der Waals surface area (Å²) in [5, 5.41) is 0.937. The van der Waals surface area contributed by atoms with Crippen molar-refractivity contribution in [1.29, 1.82) is 0 Å². The van der Waals surface area contributed by atoms with Crippen molar-refractivity contribution in [3.63, 3.8) is 0 Å². The van der Waals surface area contributed by atoms with Crippen LogP contribution in [0.1, 0.15) is 20.7 Å². The monoisotopic (exact) mass is 309 g/mol. The second-order valence-electron chi connectivity index (χ2n) is 4.88. The number of hydrogen-bond acceptors (Lipinski definition) is 4. The van der Waals surface area contributed by atoms with Crippen molar-refractivity contribution in [1.82, 2.24) is 14.3 Å². The molecule has 3 aromatic rings. The average Bonchev–Trinajstić information content (AvgIpc) is 3.11. The summed E-state index contributed by atoms with van der Waals surface area (Å²) in [4.78, 5) is 30.1. The molecule has 6 heteroatoms. The lowest BCUT2D eigenvalue weighted by molar-refractivity contribution is 0.0684. The number of amides is 2. The number of imide groups is 1. The zero-order valence-corrected chi connectivity index (χ0v) is 12.3. The minimum Gasteiger partial charge on any atom is -0.294 e. The molecule has 22 heavy (non-hydrogen) atoms. The SMILES string of the molecule is O=C1c2ccccc2C(=O)N1CSc1cccc2nccn12. The van der Waals surface area contributed by atoms with Crippen LogP contribution in [0.2, 0.25) is 0 Å². The Bertz CT molecular complexity index is 868. The van der Waals surface area contributed by atoms with Gasteiger partial charge in [-0.25, -0.2) is 4.98 Å². The fraction of sp³-hybridized carbons (Fsp3) is 0.0625. The van der Waals surface area contributed by atoms with Crippen LogP contribution in [-0.4, -0.2) is 32.0 Å². The Morgan fingerprint density at radius 2 is 1.68 bits per heavy atom. The van der Waals surface area contributed by atoms with Crippen LogP contribution in [0.5, 0.6) is 0 Å². The molecule has 1 aliphatic rings. The van der Waals surface area contributed by atoms with Crippen molar-refractivity contribution < 1.29 is 9.59 Å². The van der Waals surface area contributed by atoms with Crippen LogP contribution in [0.25, 0.3) is 5.65 Å². The molecule has 0 fully saturated rings. The summed E-state index contributed by atoms with van der Waals surface area (Å²) in [5.41, 5.74) is 1.80. The third-order valence-corrected chi connectivity index (χ3v) is 4.63. The first-order chi connectivity index (χ1) is 10.8. The Kier molecular flexibility index (Phi) is 2.97. The molecule has 0 aliphatic carbocycles. The summed E-state index contributed by atoms with van der Waals surface area (Å²) in [6, 6.07) is 12.7. The number of aromatic nitrogens is 2. The van der Waals surface area contributed by atoms with Crippen molar-refractivity contribution in [2.24, 2.45) is 0 Å². The molecule has 0 saturated heterocycles. The Balaban J connectivity index is 1.59. The Morgan fingerprint density at radius 1 is 0.955 bits per heavy atom. The second-order valence-corrected chi connectivity index (χ2v) is 5.84. The highest BCUT2D eigenvalue weighted by Gasteiger charge is 2.34. The molecule has 3 heterocycles. The summed E-state index contributed by atoms with van der Waals surface area (Å²) >= 11 is 1.44. The molecule has 5 nitrogen and oxygen atoms in total. The van der Waals surface area contributed by atoms with E-state index in [4.69, 9.17) is 0 Å². The van der Waals surface area contributed by atoms with Crippen molar-refractivity contribution in [2.45, 2.75) is 5.03 Å². The number of benzene rings is 1. The third kappa shape index (κ3) is 1.92. The number of carbonyl (C=O) groups is 2. The number of fused-ring (bicyclic) bond motifs is 2. The van der Waals surface area contributed by atoms with Crippen LogP contribution in [0.15, 0.2) is 59.9 Å². The van der Waals surface area contributed by atoms with Crippen LogP contribution in [0.3, 0.4) is 0 Å². The van der Waals surface area contributed by atoms with E-state index in [0.717, 1.165) is 10.7 Å². The van der Waals surface area contributed by atoms with E-state index in [9.17, 15) is 9.59 Å². The van der Waals surface area contributed by atoms with Gasteiger partial charge in [-0.2, -0.15) is 0 Å². The summed E-state index contributed by atoms with van der Waals surface area (Å²) in [6.07, 6.45) is 3.58. The van der Waals surface area contributed by atoms with Gasteiger partial charge < -0.3 is 0 Å². The summed E-state index contributed by atoms with van der Waals surface area (Å²) < 4.78 is 1.93. The predicted molar refractivity (Wildman–Crippen MR) is 82.9 cm³/mol. The lowest BCUT2D eigenvalue weighted by atomic mass is 10.1. The van der Waals surface area contributed by atoms with E-state index in [1.165, 1.54) is 16.7 Å². The van der Waals surface area contributed by atoms with Gasteiger partial charge in [0.05, 0.1) is 22.0 Å². The molecule has 0 N–H and O–H groups in total. The first kappa shape index (κ1) is 13.1. The van der Waals surface area contributed by atoms with Crippen molar-refractivity contribution in [3.8, 4) is 0 Å². The highest BCUT2D eigenvalue weighted by atomic mass is 32.2. The van der Waals surface area contributed by atoms with Crippen molar-refractivity contribution >= 4 is 29.2 Å². The molecule has 1 aliphatic heterocycles. The molecular weight excluding hydrogens is 298 g/mol. The highest BCUT2D eigenvalue weighted by Crippen LogP contribution is 2.27. The van der Waals surface area contributed by atoms with Crippen LogP contribution in [0.4, 0.5) is 0 Å². The van der Waals surface area contributed by atoms with Gasteiger partial charge in [0, 0.05) is 12.4 Å². The number of rotatable bonds is 3. The van der Waals surface area contributed by atoms with E-state index >= 15 is 0 Å². The van der Waals surface area contributed by atoms with Crippen molar-refractivity contribution in [2.75, 3.05) is 5.88 Å². The number of carbonyl (C=O) groups excluding carboxylic acids is 2. The normalized spacial score (nSPS) is 13.9. The fourth-order valence-electron chi connectivity index (χ4n) is 2.53. The molecule has 2 aromatic heterocycles. The van der Waals surface area contributed by atoms with Crippen molar-refractivity contribution in [3.05, 3.63) is 66.0 Å². The van der Waals surface area contributed by atoms with E-state index in [0.29, 0.717) is 11.1 Å². The van der Waals surface area contributed by atoms with E-state index in [1.54, 1.807) is 30.5 Å². The molecule has 1 aromatic carbocycles. The number of imidazole rings is 1. The number of nitrogens with zero attached hydrogens (tertiary/aromatic N) is 3. The van der Waals surface area contributed by atoms with Gasteiger partial charge in [-0.15, -0.1) is 0 Å². The molecular formula is C16H11N3O2S. The Morgan fingerprint density at radius 3 is 2.41 bits per heavy atom. The molecule has 0 unspecified atom stereocenters. The van der Waals surface area contributed by atoms with Gasteiger partial charge in [0.15, 0.2) is 0 Å². The van der Waals surface area contributed by atoms with E-state index in [1.807, 2.05) is 28.8 Å². The Hall–Kier alpha value is -2.60. The second kappa shape index (κ2) is 4.99.